The van der Waals surface area contributed by atoms with Crippen molar-refractivity contribution in [2.24, 2.45) is 5.41 Å². The van der Waals surface area contributed by atoms with Gasteiger partial charge in [-0.2, -0.15) is 5.26 Å². The summed E-state index contributed by atoms with van der Waals surface area (Å²) in [6.07, 6.45) is 1.62. The maximum Gasteiger partial charge on any atom is 0.340 e. The lowest BCUT2D eigenvalue weighted by molar-refractivity contribution is 0.0527. The lowest BCUT2D eigenvalue weighted by Crippen LogP contribution is -2.19. The van der Waals surface area contributed by atoms with E-state index in [0.717, 1.165) is 12.2 Å². The minimum absolute atomic E-state index is 0.101. The predicted octanol–water partition coefficient (Wildman–Crippen LogP) is 4.25. The van der Waals surface area contributed by atoms with Crippen LogP contribution in [0.2, 0.25) is 0 Å². The second kappa shape index (κ2) is 7.80. The van der Waals surface area contributed by atoms with Crippen molar-refractivity contribution in [3.8, 4) is 17.3 Å². The number of benzene rings is 1. The van der Waals surface area contributed by atoms with Gasteiger partial charge < -0.3 is 10.1 Å². The minimum atomic E-state index is -0.418. The molecule has 1 heterocycles. The molecule has 0 unspecified atom stereocenters. The average Bonchev–Trinajstić information content (AvgIpc) is 2.59. The Balaban J connectivity index is 2.39. The zero-order valence-corrected chi connectivity index (χ0v) is 15.1. The minimum Gasteiger partial charge on any atom is -0.462 e. The first-order chi connectivity index (χ1) is 11.9. The zero-order chi connectivity index (χ0) is 18.4. The number of esters is 1. The number of pyridine rings is 1. The molecule has 0 bridgehead atoms. The molecule has 130 valence electrons. The normalized spacial score (nSPS) is 10.8. The first-order valence-corrected chi connectivity index (χ1v) is 8.26. The Kier molecular flexibility index (Phi) is 5.76. The summed E-state index contributed by atoms with van der Waals surface area (Å²) >= 11 is 0. The van der Waals surface area contributed by atoms with E-state index in [2.05, 4.69) is 37.1 Å². The third-order valence-electron chi connectivity index (χ3n) is 3.53. The topological polar surface area (TPSA) is 75.0 Å². The Labute approximate surface area is 148 Å². The van der Waals surface area contributed by atoms with Crippen LogP contribution in [0.5, 0.6) is 0 Å². The molecular weight excluding hydrogens is 314 g/mol. The van der Waals surface area contributed by atoms with Crippen LogP contribution in [0.3, 0.4) is 0 Å². The highest BCUT2D eigenvalue weighted by atomic mass is 16.5. The lowest BCUT2D eigenvalue weighted by Gasteiger charge is -2.20. The molecule has 0 saturated carbocycles. The van der Waals surface area contributed by atoms with Gasteiger partial charge in [0.1, 0.15) is 6.07 Å². The summed E-state index contributed by atoms with van der Waals surface area (Å²) in [7, 11) is 0. The maximum atomic E-state index is 12.1. The third-order valence-corrected chi connectivity index (χ3v) is 3.53. The molecule has 0 atom stereocenters. The first-order valence-electron chi connectivity index (χ1n) is 8.26. The van der Waals surface area contributed by atoms with E-state index < -0.39 is 5.97 Å². The summed E-state index contributed by atoms with van der Waals surface area (Å²) < 4.78 is 5.09. The Hall–Kier alpha value is -2.87. The molecule has 1 aromatic carbocycles. The number of carbonyl (C=O) groups is 1. The van der Waals surface area contributed by atoms with Crippen molar-refractivity contribution in [3.05, 3.63) is 47.7 Å². The maximum absolute atomic E-state index is 12.1. The standard InChI is InChI=1S/C20H23N3O2/c1-5-25-19(24)16-7-6-10-22-18(16)14-8-9-17(15(11-14)12-21)23-13-20(2,3)4/h6-11,23H,5,13H2,1-4H3. The Morgan fingerprint density at radius 2 is 2.08 bits per heavy atom. The van der Waals surface area contributed by atoms with Crippen LogP contribution in [0, 0.1) is 16.7 Å². The molecule has 0 aliphatic rings. The van der Waals surface area contributed by atoms with Gasteiger partial charge in [-0.05, 0) is 36.6 Å². The highest BCUT2D eigenvalue weighted by Crippen LogP contribution is 2.27. The number of nitriles is 1. The smallest absolute Gasteiger partial charge is 0.340 e. The Morgan fingerprint density at radius 1 is 1.32 bits per heavy atom. The molecule has 25 heavy (non-hydrogen) atoms. The van der Waals surface area contributed by atoms with Gasteiger partial charge in [0.2, 0.25) is 0 Å². The average molecular weight is 337 g/mol. The molecule has 0 spiro atoms. The highest BCUT2D eigenvalue weighted by molar-refractivity contribution is 5.96. The second-order valence-corrected chi connectivity index (χ2v) is 6.91. The van der Waals surface area contributed by atoms with E-state index in [4.69, 9.17) is 4.74 Å². The number of hydrogen-bond acceptors (Lipinski definition) is 5. The van der Waals surface area contributed by atoms with Gasteiger partial charge in [-0.15, -0.1) is 0 Å². The largest absolute Gasteiger partial charge is 0.462 e. The molecule has 1 aromatic heterocycles. The van der Waals surface area contributed by atoms with Crippen molar-refractivity contribution in [1.82, 2.24) is 4.98 Å². The Bertz CT molecular complexity index is 801. The van der Waals surface area contributed by atoms with E-state index in [9.17, 15) is 10.1 Å². The quantitative estimate of drug-likeness (QED) is 0.825. The number of nitrogens with one attached hydrogen (secondary N) is 1. The molecule has 0 radical (unpaired) electrons. The number of aromatic nitrogens is 1. The Morgan fingerprint density at radius 3 is 2.72 bits per heavy atom. The van der Waals surface area contributed by atoms with Crippen LogP contribution in [0.25, 0.3) is 11.3 Å². The number of anilines is 1. The number of nitrogens with zero attached hydrogens (tertiary/aromatic N) is 2. The van der Waals surface area contributed by atoms with Crippen LogP contribution in [0.15, 0.2) is 36.5 Å². The first kappa shape index (κ1) is 18.5. The van der Waals surface area contributed by atoms with Crippen molar-refractivity contribution in [2.45, 2.75) is 27.7 Å². The van der Waals surface area contributed by atoms with Crippen molar-refractivity contribution < 1.29 is 9.53 Å². The molecule has 2 rings (SSSR count). The van der Waals surface area contributed by atoms with E-state index >= 15 is 0 Å². The summed E-state index contributed by atoms with van der Waals surface area (Å²) in [6, 6.07) is 11.0. The van der Waals surface area contributed by atoms with Crippen LogP contribution in [0.4, 0.5) is 5.69 Å². The van der Waals surface area contributed by atoms with Gasteiger partial charge >= 0.3 is 5.97 Å². The van der Waals surface area contributed by atoms with Crippen LogP contribution in [-0.4, -0.2) is 24.1 Å². The van der Waals surface area contributed by atoms with E-state index in [1.165, 1.54) is 0 Å². The van der Waals surface area contributed by atoms with E-state index in [1.807, 2.05) is 12.1 Å². The molecule has 5 heteroatoms. The SMILES string of the molecule is CCOC(=O)c1cccnc1-c1ccc(NCC(C)(C)C)c(C#N)c1. The van der Waals surface area contributed by atoms with Gasteiger partial charge in [-0.3, -0.25) is 4.98 Å². The summed E-state index contributed by atoms with van der Waals surface area (Å²) in [5, 5.41) is 12.8. The van der Waals surface area contributed by atoms with Gasteiger partial charge in [-0.25, -0.2) is 4.79 Å². The summed E-state index contributed by atoms with van der Waals surface area (Å²) in [4.78, 5) is 16.4. The number of ether oxygens (including phenoxy) is 1. The monoisotopic (exact) mass is 337 g/mol. The zero-order valence-electron chi connectivity index (χ0n) is 15.1. The molecule has 0 aliphatic heterocycles. The fourth-order valence-corrected chi connectivity index (χ4v) is 2.31. The fraction of sp³-hybridized carbons (Fsp3) is 0.350. The second-order valence-electron chi connectivity index (χ2n) is 6.91. The van der Waals surface area contributed by atoms with E-state index in [-0.39, 0.29) is 5.41 Å². The molecule has 0 saturated heterocycles. The van der Waals surface area contributed by atoms with E-state index in [1.54, 1.807) is 31.3 Å². The van der Waals surface area contributed by atoms with Gasteiger partial charge in [0.15, 0.2) is 0 Å². The van der Waals surface area contributed by atoms with Crippen LogP contribution >= 0.6 is 0 Å². The van der Waals surface area contributed by atoms with Crippen LogP contribution in [0.1, 0.15) is 43.6 Å². The number of rotatable bonds is 5. The lowest BCUT2D eigenvalue weighted by atomic mass is 9.96. The van der Waals surface area contributed by atoms with Crippen molar-refractivity contribution in [2.75, 3.05) is 18.5 Å². The summed E-state index contributed by atoms with van der Waals surface area (Å²) in [5.74, 6) is -0.418. The van der Waals surface area contributed by atoms with Crippen molar-refractivity contribution in [3.63, 3.8) is 0 Å². The van der Waals surface area contributed by atoms with Crippen molar-refractivity contribution in [1.29, 1.82) is 5.26 Å². The van der Waals surface area contributed by atoms with Crippen LogP contribution < -0.4 is 5.32 Å². The van der Waals surface area contributed by atoms with Gasteiger partial charge in [-0.1, -0.05) is 26.8 Å². The molecule has 5 nitrogen and oxygen atoms in total. The molecule has 0 fully saturated rings. The summed E-state index contributed by atoms with van der Waals surface area (Å²) in [5.41, 5.74) is 3.01. The summed E-state index contributed by atoms with van der Waals surface area (Å²) in [6.45, 7) is 9.18. The fourth-order valence-electron chi connectivity index (χ4n) is 2.31. The van der Waals surface area contributed by atoms with Crippen molar-refractivity contribution >= 4 is 11.7 Å². The van der Waals surface area contributed by atoms with Gasteiger partial charge in [0.25, 0.3) is 0 Å². The van der Waals surface area contributed by atoms with Crippen LogP contribution in [-0.2, 0) is 4.74 Å². The third kappa shape index (κ3) is 4.80. The van der Waals surface area contributed by atoms with E-state index in [0.29, 0.717) is 29.0 Å². The van der Waals surface area contributed by atoms with Gasteiger partial charge in [0, 0.05) is 18.3 Å². The molecule has 1 N–H and O–H groups in total. The molecule has 0 aliphatic carbocycles. The number of hydrogen-bond donors (Lipinski definition) is 1. The highest BCUT2D eigenvalue weighted by Gasteiger charge is 2.17. The molecule has 0 amide bonds. The number of carbonyl (C=O) groups excluding carboxylic acids is 1. The predicted molar refractivity (Wildman–Crippen MR) is 98.3 cm³/mol. The van der Waals surface area contributed by atoms with Gasteiger partial charge in [0.05, 0.1) is 29.1 Å². The molecule has 2 aromatic rings. The molecular formula is C20H23N3O2.